The van der Waals surface area contributed by atoms with E-state index >= 15 is 0 Å². The molecule has 3 rings (SSSR count). The fraction of sp³-hybridized carbons (Fsp3) is 0.600. The van der Waals surface area contributed by atoms with Crippen molar-refractivity contribution in [3.8, 4) is 0 Å². The van der Waals surface area contributed by atoms with Crippen molar-refractivity contribution in [2.24, 2.45) is 5.41 Å². The highest BCUT2D eigenvalue weighted by atomic mass is 16.2. The van der Waals surface area contributed by atoms with E-state index in [-0.39, 0.29) is 11.4 Å². The lowest BCUT2D eigenvalue weighted by Gasteiger charge is -2.38. The molecule has 0 aliphatic heterocycles. The van der Waals surface area contributed by atoms with Crippen LogP contribution in [0.25, 0.3) is 0 Å². The molecule has 1 aromatic rings. The molecule has 2 bridgehead atoms. The van der Waals surface area contributed by atoms with Gasteiger partial charge in [-0.1, -0.05) is 19.4 Å². The van der Waals surface area contributed by atoms with Crippen molar-refractivity contribution in [3.05, 3.63) is 30.1 Å². The number of nitrogens with zero attached hydrogens (tertiary/aromatic N) is 1. The molecule has 1 N–H and O–H groups in total. The van der Waals surface area contributed by atoms with E-state index in [1.807, 2.05) is 12.1 Å². The topological polar surface area (TPSA) is 42.0 Å². The average molecular weight is 244 g/mol. The largest absolute Gasteiger partial charge is 0.345 e. The van der Waals surface area contributed by atoms with Crippen LogP contribution in [0.15, 0.2) is 24.4 Å². The van der Waals surface area contributed by atoms with Crippen molar-refractivity contribution >= 4 is 5.91 Å². The second-order valence-electron chi connectivity index (χ2n) is 6.29. The van der Waals surface area contributed by atoms with Crippen LogP contribution in [0.1, 0.15) is 55.9 Å². The van der Waals surface area contributed by atoms with E-state index < -0.39 is 0 Å². The minimum Gasteiger partial charge on any atom is -0.345 e. The van der Waals surface area contributed by atoms with E-state index in [1.54, 1.807) is 12.3 Å². The van der Waals surface area contributed by atoms with Crippen molar-refractivity contribution in [2.45, 2.75) is 51.0 Å². The first kappa shape index (κ1) is 11.7. The molecule has 1 amide bonds. The summed E-state index contributed by atoms with van der Waals surface area (Å²) in [7, 11) is 0. The van der Waals surface area contributed by atoms with Crippen LogP contribution in [0.3, 0.4) is 0 Å². The zero-order valence-corrected chi connectivity index (χ0v) is 10.9. The third-order valence-electron chi connectivity index (χ3n) is 4.68. The molecular weight excluding hydrogens is 224 g/mol. The lowest BCUT2D eigenvalue weighted by molar-refractivity contribution is 0.0857. The van der Waals surface area contributed by atoms with Gasteiger partial charge in [0.1, 0.15) is 5.69 Å². The fourth-order valence-corrected chi connectivity index (χ4v) is 3.79. The predicted octanol–water partition coefficient (Wildman–Crippen LogP) is 2.92. The van der Waals surface area contributed by atoms with Gasteiger partial charge in [0.25, 0.3) is 5.91 Å². The quantitative estimate of drug-likeness (QED) is 0.869. The van der Waals surface area contributed by atoms with Gasteiger partial charge in [0.2, 0.25) is 0 Å². The fourth-order valence-electron chi connectivity index (χ4n) is 3.79. The maximum atomic E-state index is 12.2. The van der Waals surface area contributed by atoms with Crippen molar-refractivity contribution in [1.29, 1.82) is 0 Å². The van der Waals surface area contributed by atoms with Crippen molar-refractivity contribution in [2.75, 3.05) is 0 Å². The second-order valence-corrected chi connectivity index (χ2v) is 6.29. The summed E-state index contributed by atoms with van der Waals surface area (Å²) in [6.45, 7) is 2.36. The molecule has 0 aromatic carbocycles. The van der Waals surface area contributed by atoms with Crippen LogP contribution in [0.4, 0.5) is 0 Å². The minimum absolute atomic E-state index is 0.0123. The Morgan fingerprint density at radius 2 is 2.17 bits per heavy atom. The van der Waals surface area contributed by atoms with Gasteiger partial charge < -0.3 is 5.32 Å². The Hall–Kier alpha value is -1.38. The first-order chi connectivity index (χ1) is 8.61. The Morgan fingerprint density at radius 1 is 1.28 bits per heavy atom. The third kappa shape index (κ3) is 2.02. The van der Waals surface area contributed by atoms with Gasteiger partial charge in [-0.2, -0.15) is 0 Å². The zero-order valence-electron chi connectivity index (χ0n) is 10.9. The van der Waals surface area contributed by atoms with Crippen LogP contribution in [-0.2, 0) is 0 Å². The molecule has 0 radical (unpaired) electrons. The first-order valence-electron chi connectivity index (χ1n) is 6.85. The number of aromatic nitrogens is 1. The van der Waals surface area contributed by atoms with Crippen LogP contribution in [-0.4, -0.2) is 16.4 Å². The summed E-state index contributed by atoms with van der Waals surface area (Å²) in [5.74, 6) is -0.0123. The van der Waals surface area contributed by atoms with Crippen LogP contribution in [0.2, 0.25) is 0 Å². The Morgan fingerprint density at radius 3 is 2.94 bits per heavy atom. The Kier molecular flexibility index (Phi) is 2.65. The molecule has 1 heterocycles. The van der Waals surface area contributed by atoms with E-state index in [2.05, 4.69) is 17.2 Å². The van der Waals surface area contributed by atoms with Crippen LogP contribution >= 0.6 is 0 Å². The number of amides is 1. The molecule has 18 heavy (non-hydrogen) atoms. The van der Waals surface area contributed by atoms with Gasteiger partial charge in [0, 0.05) is 11.7 Å². The lowest BCUT2D eigenvalue weighted by Crippen LogP contribution is -2.48. The van der Waals surface area contributed by atoms with Gasteiger partial charge in [-0.15, -0.1) is 0 Å². The Bertz CT molecular complexity index is 459. The highest BCUT2D eigenvalue weighted by Gasteiger charge is 2.49. The molecule has 3 heteroatoms. The molecule has 2 aliphatic rings. The van der Waals surface area contributed by atoms with Gasteiger partial charge in [-0.3, -0.25) is 9.78 Å². The monoisotopic (exact) mass is 244 g/mol. The molecule has 1 aromatic heterocycles. The van der Waals surface area contributed by atoms with Crippen molar-refractivity contribution in [1.82, 2.24) is 10.3 Å². The summed E-state index contributed by atoms with van der Waals surface area (Å²) >= 11 is 0. The summed E-state index contributed by atoms with van der Waals surface area (Å²) in [6.07, 6.45) is 8.86. The predicted molar refractivity (Wildman–Crippen MR) is 70.2 cm³/mol. The summed E-state index contributed by atoms with van der Waals surface area (Å²) in [5.41, 5.74) is 1.03. The molecule has 0 saturated heterocycles. The number of pyridine rings is 1. The molecule has 3 nitrogen and oxygen atoms in total. The second kappa shape index (κ2) is 4.08. The van der Waals surface area contributed by atoms with Gasteiger partial charge in [-0.05, 0) is 49.7 Å². The number of nitrogens with one attached hydrogen (secondary N) is 1. The van der Waals surface area contributed by atoms with E-state index in [4.69, 9.17) is 0 Å². The van der Waals surface area contributed by atoms with E-state index in [1.165, 1.54) is 19.3 Å². The molecule has 2 saturated carbocycles. The Labute approximate surface area is 108 Å². The first-order valence-corrected chi connectivity index (χ1v) is 6.85. The number of fused-ring (bicyclic) bond motifs is 2. The standard InChI is InChI=1S/C15H20N2O/c1-14-6-4-7-15(11-14,9-8-14)17-13(18)12-5-2-3-10-16-12/h2-3,5,10H,4,6-9,11H2,1H3,(H,17,18)/t14-,15-/m1/s1. The molecule has 2 atom stereocenters. The number of carbonyl (C=O) groups excluding carboxylic acids is 1. The highest BCUT2D eigenvalue weighted by molar-refractivity contribution is 5.92. The van der Waals surface area contributed by atoms with Gasteiger partial charge >= 0.3 is 0 Å². The van der Waals surface area contributed by atoms with Gasteiger partial charge in [0.05, 0.1) is 0 Å². The molecule has 2 fully saturated rings. The van der Waals surface area contributed by atoms with Gasteiger partial charge in [-0.25, -0.2) is 0 Å². The summed E-state index contributed by atoms with van der Waals surface area (Å²) in [6, 6.07) is 5.48. The third-order valence-corrected chi connectivity index (χ3v) is 4.68. The minimum atomic E-state index is -0.0123. The normalized spacial score (nSPS) is 34.3. The molecular formula is C15H20N2O. The number of hydrogen-bond donors (Lipinski definition) is 1. The summed E-state index contributed by atoms with van der Waals surface area (Å²) in [5, 5.41) is 3.26. The highest BCUT2D eigenvalue weighted by Crippen LogP contribution is 2.53. The molecule has 0 unspecified atom stereocenters. The van der Waals surface area contributed by atoms with E-state index in [9.17, 15) is 4.79 Å². The zero-order chi connectivity index (χ0) is 12.6. The average Bonchev–Trinajstić information content (AvgIpc) is 2.60. The maximum Gasteiger partial charge on any atom is 0.270 e. The number of carbonyl (C=O) groups is 1. The lowest BCUT2D eigenvalue weighted by atomic mass is 9.74. The number of rotatable bonds is 2. The SMILES string of the molecule is C[C@@]12CCC[C@@](NC(=O)c3ccccn3)(CC1)C2. The Balaban J connectivity index is 1.75. The van der Waals surface area contributed by atoms with Crippen LogP contribution in [0, 0.1) is 5.41 Å². The number of hydrogen-bond acceptors (Lipinski definition) is 2. The molecule has 96 valence electrons. The van der Waals surface area contributed by atoms with E-state index in [0.29, 0.717) is 11.1 Å². The summed E-state index contributed by atoms with van der Waals surface area (Å²) < 4.78 is 0. The van der Waals surface area contributed by atoms with Crippen molar-refractivity contribution < 1.29 is 4.79 Å². The van der Waals surface area contributed by atoms with E-state index in [0.717, 1.165) is 19.3 Å². The van der Waals surface area contributed by atoms with Crippen LogP contribution in [0.5, 0.6) is 0 Å². The smallest absolute Gasteiger partial charge is 0.270 e. The summed E-state index contributed by atoms with van der Waals surface area (Å²) in [4.78, 5) is 16.4. The van der Waals surface area contributed by atoms with Crippen molar-refractivity contribution in [3.63, 3.8) is 0 Å². The molecule has 2 aliphatic carbocycles. The van der Waals surface area contributed by atoms with Gasteiger partial charge in [0.15, 0.2) is 0 Å². The van der Waals surface area contributed by atoms with Crippen LogP contribution < -0.4 is 5.32 Å². The molecule has 0 spiro atoms. The maximum absolute atomic E-state index is 12.2.